The second-order valence-corrected chi connectivity index (χ2v) is 8.33. The summed E-state index contributed by atoms with van der Waals surface area (Å²) in [6.07, 6.45) is -2.54. The van der Waals surface area contributed by atoms with Gasteiger partial charge in [0.2, 0.25) is 0 Å². The molecule has 33 heavy (non-hydrogen) atoms. The lowest BCUT2D eigenvalue weighted by atomic mass is 9.87. The Bertz CT molecular complexity index is 1270. The number of alkyl halides is 3. The number of nitriles is 1. The predicted molar refractivity (Wildman–Crippen MR) is 116 cm³/mol. The topological polar surface area (TPSA) is 56.9 Å². The van der Waals surface area contributed by atoms with Gasteiger partial charge in [0, 0.05) is 23.9 Å². The van der Waals surface area contributed by atoms with Gasteiger partial charge in [0.1, 0.15) is 18.1 Å². The van der Waals surface area contributed by atoms with E-state index >= 15 is 0 Å². The van der Waals surface area contributed by atoms with Crippen molar-refractivity contribution in [3.8, 4) is 17.2 Å². The van der Waals surface area contributed by atoms with Gasteiger partial charge in [-0.25, -0.2) is 17.6 Å². The highest BCUT2D eigenvalue weighted by Gasteiger charge is 2.49. The Morgan fingerprint density at radius 3 is 2.67 bits per heavy atom. The first-order chi connectivity index (χ1) is 15.7. The first-order valence-corrected chi connectivity index (χ1v) is 10.7. The van der Waals surface area contributed by atoms with Gasteiger partial charge in [-0.2, -0.15) is 5.26 Å². The molecule has 2 unspecified atom stereocenters. The summed E-state index contributed by atoms with van der Waals surface area (Å²) in [4.78, 5) is 4.22. The van der Waals surface area contributed by atoms with Crippen LogP contribution in [0.3, 0.4) is 0 Å². The number of aromatic nitrogens is 1. The molecule has 0 amide bonds. The van der Waals surface area contributed by atoms with E-state index in [9.17, 15) is 27.9 Å². The van der Waals surface area contributed by atoms with Gasteiger partial charge >= 0.3 is 0 Å². The van der Waals surface area contributed by atoms with E-state index in [-0.39, 0.29) is 40.7 Å². The molecular weight excluding hydrogens is 432 g/mol. The van der Waals surface area contributed by atoms with Gasteiger partial charge in [0.25, 0.3) is 5.92 Å². The molecule has 2 atom stereocenters. The highest BCUT2D eigenvalue weighted by atomic mass is 19.3. The van der Waals surface area contributed by atoms with Crippen LogP contribution in [0.2, 0.25) is 0 Å². The van der Waals surface area contributed by atoms with Gasteiger partial charge in [-0.1, -0.05) is 25.1 Å². The number of fused-ring (bicyclic) bond motifs is 1. The van der Waals surface area contributed by atoms with Crippen LogP contribution >= 0.6 is 0 Å². The molecule has 3 aromatic rings. The van der Waals surface area contributed by atoms with Gasteiger partial charge in [0.05, 0.1) is 11.6 Å². The lowest BCUT2D eigenvalue weighted by Gasteiger charge is -2.19. The minimum absolute atomic E-state index is 0.0314. The van der Waals surface area contributed by atoms with Crippen LogP contribution in [0.5, 0.6) is 0 Å². The summed E-state index contributed by atoms with van der Waals surface area (Å²) < 4.78 is 58.1. The molecule has 0 bridgehead atoms. The molecule has 170 valence electrons. The number of aliphatic hydroxyl groups is 1. The average Bonchev–Trinajstić information content (AvgIpc) is 3.04. The molecule has 2 aromatic carbocycles. The highest BCUT2D eigenvalue weighted by molar-refractivity contribution is 5.73. The smallest absolute Gasteiger partial charge is 0.281 e. The van der Waals surface area contributed by atoms with Crippen LogP contribution in [0.1, 0.15) is 64.7 Å². The van der Waals surface area contributed by atoms with E-state index in [4.69, 9.17) is 0 Å². The average molecular weight is 454 g/mol. The molecule has 3 nitrogen and oxygen atoms in total. The van der Waals surface area contributed by atoms with E-state index in [1.54, 1.807) is 44.3 Å². The molecule has 1 N–H and O–H groups in total. The molecule has 1 aromatic heterocycles. The SMILES string of the molecule is CCC(F)c1cc(F)cc(C#N)c1Cc1ccc(-c2cccnc2C)c2c1CC(F)(F)C2O. The Morgan fingerprint density at radius 2 is 2.00 bits per heavy atom. The Morgan fingerprint density at radius 1 is 1.24 bits per heavy atom. The van der Waals surface area contributed by atoms with Gasteiger partial charge in [-0.3, -0.25) is 4.98 Å². The normalized spacial score (nSPS) is 17.5. The zero-order valence-electron chi connectivity index (χ0n) is 18.2. The number of pyridine rings is 1. The van der Waals surface area contributed by atoms with E-state index < -0.39 is 30.4 Å². The van der Waals surface area contributed by atoms with E-state index in [2.05, 4.69) is 4.98 Å². The van der Waals surface area contributed by atoms with Gasteiger partial charge < -0.3 is 5.11 Å². The largest absolute Gasteiger partial charge is 0.382 e. The number of halogens is 4. The van der Waals surface area contributed by atoms with Crippen molar-refractivity contribution >= 4 is 0 Å². The molecule has 0 saturated carbocycles. The molecule has 1 aliphatic rings. The first-order valence-electron chi connectivity index (χ1n) is 10.7. The number of hydrogen-bond donors (Lipinski definition) is 1. The van der Waals surface area contributed by atoms with Crippen molar-refractivity contribution in [1.29, 1.82) is 5.26 Å². The second-order valence-electron chi connectivity index (χ2n) is 8.33. The van der Waals surface area contributed by atoms with Crippen LogP contribution in [0.4, 0.5) is 17.6 Å². The first kappa shape index (κ1) is 22.9. The van der Waals surface area contributed by atoms with Crippen molar-refractivity contribution in [2.45, 2.75) is 51.3 Å². The van der Waals surface area contributed by atoms with Crippen molar-refractivity contribution in [1.82, 2.24) is 4.98 Å². The molecule has 1 heterocycles. The zero-order valence-corrected chi connectivity index (χ0v) is 18.2. The number of hydrogen-bond acceptors (Lipinski definition) is 3. The van der Waals surface area contributed by atoms with Crippen molar-refractivity contribution in [2.24, 2.45) is 0 Å². The van der Waals surface area contributed by atoms with Gasteiger partial charge in [-0.15, -0.1) is 0 Å². The minimum Gasteiger partial charge on any atom is -0.382 e. The van der Waals surface area contributed by atoms with E-state index in [1.165, 1.54) is 0 Å². The molecule has 0 fully saturated rings. The van der Waals surface area contributed by atoms with Crippen molar-refractivity contribution in [3.63, 3.8) is 0 Å². The summed E-state index contributed by atoms with van der Waals surface area (Å²) in [7, 11) is 0. The van der Waals surface area contributed by atoms with Crippen LogP contribution in [-0.4, -0.2) is 16.0 Å². The maximum absolute atomic E-state index is 14.7. The van der Waals surface area contributed by atoms with Gasteiger partial charge in [0.15, 0.2) is 0 Å². The summed E-state index contributed by atoms with van der Waals surface area (Å²) >= 11 is 0. The minimum atomic E-state index is -3.38. The third-order valence-electron chi connectivity index (χ3n) is 6.27. The standard InChI is InChI=1S/C26H22F4N2O/c1-3-23(28)21-11-17(27)9-16(13-31)20(21)10-15-6-7-19(18-5-4-8-32-14(18)2)24-22(15)12-26(29,30)25(24)33/h4-9,11,23,25,33H,3,10,12H2,1-2H3. The van der Waals surface area contributed by atoms with Crippen LogP contribution < -0.4 is 0 Å². The van der Waals surface area contributed by atoms with Crippen molar-refractivity contribution in [2.75, 3.05) is 0 Å². The monoisotopic (exact) mass is 454 g/mol. The quantitative estimate of drug-likeness (QED) is 0.460. The fraction of sp³-hybridized carbons (Fsp3) is 0.308. The van der Waals surface area contributed by atoms with E-state index in [0.717, 1.165) is 12.1 Å². The van der Waals surface area contributed by atoms with Crippen molar-refractivity contribution in [3.05, 3.63) is 87.5 Å². The molecule has 0 aliphatic heterocycles. The molecule has 1 aliphatic carbocycles. The number of rotatable bonds is 5. The summed E-state index contributed by atoms with van der Waals surface area (Å²) in [5.41, 5.74) is 2.82. The van der Waals surface area contributed by atoms with Crippen LogP contribution in [0, 0.1) is 24.1 Å². The number of benzene rings is 2. The second kappa shape index (κ2) is 8.60. The van der Waals surface area contributed by atoms with Crippen LogP contribution in [0.15, 0.2) is 42.6 Å². The Kier molecular flexibility index (Phi) is 5.98. The third kappa shape index (κ3) is 4.00. The molecule has 0 spiro atoms. The Hall–Kier alpha value is -3.24. The predicted octanol–water partition coefficient (Wildman–Crippen LogP) is 6.30. The van der Waals surface area contributed by atoms with E-state index in [0.29, 0.717) is 22.4 Å². The Balaban J connectivity index is 1.91. The third-order valence-corrected chi connectivity index (χ3v) is 6.27. The summed E-state index contributed by atoms with van der Waals surface area (Å²) in [5.74, 6) is -4.10. The van der Waals surface area contributed by atoms with Crippen LogP contribution in [-0.2, 0) is 12.8 Å². The van der Waals surface area contributed by atoms with E-state index in [1.807, 2.05) is 6.07 Å². The number of aliphatic hydroxyl groups excluding tert-OH is 1. The fourth-order valence-electron chi connectivity index (χ4n) is 4.59. The van der Waals surface area contributed by atoms with Gasteiger partial charge in [-0.05, 0) is 71.3 Å². The summed E-state index contributed by atoms with van der Waals surface area (Å²) in [5, 5.41) is 20.1. The molecular formula is C26H22F4N2O. The maximum atomic E-state index is 14.7. The summed E-state index contributed by atoms with van der Waals surface area (Å²) in [6, 6.07) is 10.7. The number of nitrogens with zero attached hydrogens (tertiary/aromatic N) is 2. The molecule has 4 rings (SSSR count). The molecule has 0 radical (unpaired) electrons. The fourth-order valence-corrected chi connectivity index (χ4v) is 4.59. The Labute approximate surface area is 189 Å². The van der Waals surface area contributed by atoms with Crippen LogP contribution in [0.25, 0.3) is 11.1 Å². The maximum Gasteiger partial charge on any atom is 0.281 e. The van der Waals surface area contributed by atoms with Crippen molar-refractivity contribution < 1.29 is 22.7 Å². The zero-order chi connectivity index (χ0) is 23.9. The number of aryl methyl sites for hydroxylation is 1. The highest BCUT2D eigenvalue weighted by Crippen LogP contribution is 2.49. The molecule has 0 saturated heterocycles. The lowest BCUT2D eigenvalue weighted by molar-refractivity contribution is -0.0966. The molecule has 7 heteroatoms. The summed E-state index contributed by atoms with van der Waals surface area (Å²) in [6.45, 7) is 3.36. The lowest BCUT2D eigenvalue weighted by Crippen LogP contribution is -2.21.